The summed E-state index contributed by atoms with van der Waals surface area (Å²) in [7, 11) is 0. The van der Waals surface area contributed by atoms with Gasteiger partial charge in [0, 0.05) is 39.3 Å². The summed E-state index contributed by atoms with van der Waals surface area (Å²) in [5.41, 5.74) is 2.09. The van der Waals surface area contributed by atoms with Crippen molar-refractivity contribution in [3.63, 3.8) is 0 Å². The molecule has 3 nitrogen and oxygen atoms in total. The highest BCUT2D eigenvalue weighted by atomic mass is 79.9. The third-order valence-corrected chi connectivity index (χ3v) is 5.98. The van der Waals surface area contributed by atoms with E-state index >= 15 is 0 Å². The van der Waals surface area contributed by atoms with Crippen molar-refractivity contribution in [3.8, 4) is 0 Å². The van der Waals surface area contributed by atoms with Crippen molar-refractivity contribution in [2.75, 3.05) is 39.3 Å². The molecule has 4 fully saturated rings. The topological polar surface area (TPSA) is 23.6 Å². The van der Waals surface area contributed by atoms with Gasteiger partial charge in [0.15, 0.2) is 5.78 Å². The van der Waals surface area contributed by atoms with Crippen LogP contribution in [0.5, 0.6) is 0 Å². The summed E-state index contributed by atoms with van der Waals surface area (Å²) in [6, 6.07) is 8.56. The van der Waals surface area contributed by atoms with Gasteiger partial charge in [-0.25, -0.2) is 0 Å². The maximum absolute atomic E-state index is 13.2. The number of rotatable bonds is 1. The van der Waals surface area contributed by atoms with Gasteiger partial charge >= 0.3 is 0 Å². The Hall–Kier alpha value is -0.710. The fourth-order valence-electron chi connectivity index (χ4n) is 4.19. The lowest BCUT2D eigenvalue weighted by Gasteiger charge is -2.52. The Morgan fingerprint density at radius 1 is 1.00 bits per heavy atom. The van der Waals surface area contributed by atoms with E-state index in [1.165, 1.54) is 11.1 Å². The Morgan fingerprint density at radius 2 is 1.55 bits per heavy atom. The number of aryl methyl sites for hydroxylation is 1. The number of hydrogen-bond acceptors (Lipinski definition) is 3. The van der Waals surface area contributed by atoms with Gasteiger partial charge in [0.25, 0.3) is 0 Å². The van der Waals surface area contributed by atoms with Crippen molar-refractivity contribution >= 4 is 21.7 Å². The number of alkyl halides is 1. The number of ketones is 1. The van der Waals surface area contributed by atoms with Crippen LogP contribution < -0.4 is 0 Å². The average molecular weight is 335 g/mol. The number of carbonyl (C=O) groups excluding carboxylic acids is 1. The molecule has 5 rings (SSSR count). The van der Waals surface area contributed by atoms with Crippen LogP contribution >= 0.6 is 15.9 Å². The molecule has 4 heteroatoms. The molecule has 0 aromatic heterocycles. The number of benzene rings is 1. The molecule has 106 valence electrons. The first-order valence-electron chi connectivity index (χ1n) is 7.28. The Balaban J connectivity index is 1.87. The lowest BCUT2D eigenvalue weighted by atomic mass is 9.67. The van der Waals surface area contributed by atoms with Crippen LogP contribution in [-0.4, -0.2) is 59.2 Å². The molecule has 4 heterocycles. The molecule has 2 unspecified atom stereocenters. The predicted molar refractivity (Wildman–Crippen MR) is 82.4 cm³/mol. The van der Waals surface area contributed by atoms with Gasteiger partial charge in [0.2, 0.25) is 0 Å². The van der Waals surface area contributed by atoms with Crippen LogP contribution in [0, 0.1) is 6.92 Å². The van der Waals surface area contributed by atoms with Crippen LogP contribution in [0.2, 0.25) is 0 Å². The summed E-state index contributed by atoms with van der Waals surface area (Å²) in [6.45, 7) is 7.71. The van der Waals surface area contributed by atoms with E-state index in [1.807, 2.05) is 0 Å². The molecule has 0 radical (unpaired) electrons. The summed E-state index contributed by atoms with van der Waals surface area (Å²) in [6.07, 6.45) is 0. The van der Waals surface area contributed by atoms with E-state index in [0.717, 1.165) is 39.3 Å². The van der Waals surface area contributed by atoms with Crippen molar-refractivity contribution < 1.29 is 4.79 Å². The Labute approximate surface area is 128 Å². The smallest absolute Gasteiger partial charge is 0.165 e. The minimum Gasteiger partial charge on any atom is -0.299 e. The quantitative estimate of drug-likeness (QED) is 0.728. The number of halogens is 1. The van der Waals surface area contributed by atoms with Crippen LogP contribution in [0.1, 0.15) is 11.1 Å². The standard InChI is InChI=1S/C16H19BrN2O/c1-12-2-4-13(5-3-12)15-8-18-6-7-19(9-15)11-16(17,10-18)14(15)20/h2-5H,6-11H2,1H3. The van der Waals surface area contributed by atoms with E-state index in [4.69, 9.17) is 0 Å². The summed E-state index contributed by atoms with van der Waals surface area (Å²) >= 11 is 3.79. The van der Waals surface area contributed by atoms with Crippen LogP contribution in [0.25, 0.3) is 0 Å². The van der Waals surface area contributed by atoms with Crippen molar-refractivity contribution in [1.82, 2.24) is 9.80 Å². The SMILES string of the molecule is Cc1ccc(C23CN4CCN(CC(Br)(C4)C2=O)C3)cc1. The van der Waals surface area contributed by atoms with Gasteiger partial charge in [-0.3, -0.25) is 14.6 Å². The molecule has 0 aliphatic carbocycles. The molecular weight excluding hydrogens is 316 g/mol. The third kappa shape index (κ3) is 1.68. The molecule has 0 spiro atoms. The highest BCUT2D eigenvalue weighted by Gasteiger charge is 2.61. The van der Waals surface area contributed by atoms with Gasteiger partial charge in [-0.2, -0.15) is 0 Å². The number of fused-ring (bicyclic) bond motifs is 1. The highest BCUT2D eigenvalue weighted by Crippen LogP contribution is 2.45. The Bertz CT molecular complexity index is 552. The number of nitrogens with zero attached hydrogens (tertiary/aromatic N) is 2. The lowest BCUT2D eigenvalue weighted by molar-refractivity contribution is -0.134. The van der Waals surface area contributed by atoms with Crippen molar-refractivity contribution in [3.05, 3.63) is 35.4 Å². The zero-order valence-corrected chi connectivity index (χ0v) is 13.3. The Morgan fingerprint density at radius 3 is 2.10 bits per heavy atom. The van der Waals surface area contributed by atoms with Gasteiger partial charge in [-0.1, -0.05) is 45.8 Å². The molecular formula is C16H19BrN2O. The van der Waals surface area contributed by atoms with E-state index in [-0.39, 0.29) is 9.74 Å². The summed E-state index contributed by atoms with van der Waals surface area (Å²) in [5, 5.41) is 0. The maximum Gasteiger partial charge on any atom is 0.165 e. The first-order valence-corrected chi connectivity index (χ1v) is 8.07. The van der Waals surface area contributed by atoms with Crippen molar-refractivity contribution in [1.29, 1.82) is 0 Å². The molecule has 2 atom stereocenters. The molecule has 1 aromatic carbocycles. The normalized spacial score (nSPS) is 42.8. The van der Waals surface area contributed by atoms with Crippen LogP contribution in [0.4, 0.5) is 0 Å². The predicted octanol–water partition coefficient (Wildman–Crippen LogP) is 1.58. The highest BCUT2D eigenvalue weighted by molar-refractivity contribution is 9.10. The largest absolute Gasteiger partial charge is 0.299 e. The fourth-order valence-corrected chi connectivity index (χ4v) is 5.27. The number of piperidine rings is 2. The van der Waals surface area contributed by atoms with Gasteiger partial charge in [0.05, 0.1) is 5.41 Å². The van der Waals surface area contributed by atoms with Crippen LogP contribution in [0.15, 0.2) is 24.3 Å². The number of carbonyl (C=O) groups is 1. The van der Waals surface area contributed by atoms with Crippen LogP contribution in [0.3, 0.4) is 0 Å². The van der Waals surface area contributed by atoms with Crippen LogP contribution in [-0.2, 0) is 10.2 Å². The average Bonchev–Trinajstić information content (AvgIpc) is 2.63. The van der Waals surface area contributed by atoms with Crippen molar-refractivity contribution in [2.24, 2.45) is 0 Å². The fraction of sp³-hybridized carbons (Fsp3) is 0.562. The molecule has 0 saturated carbocycles. The minimum absolute atomic E-state index is 0.343. The molecule has 4 saturated heterocycles. The van der Waals surface area contributed by atoms with E-state index in [0.29, 0.717) is 5.78 Å². The molecule has 0 amide bonds. The second-order valence-electron chi connectivity index (χ2n) is 6.66. The van der Waals surface area contributed by atoms with Gasteiger partial charge in [0.1, 0.15) is 4.32 Å². The Kier molecular flexibility index (Phi) is 2.70. The zero-order chi connectivity index (χ0) is 14.0. The summed E-state index contributed by atoms with van der Waals surface area (Å²) in [5.74, 6) is 0.392. The third-order valence-electron chi connectivity index (χ3n) is 5.11. The maximum atomic E-state index is 13.2. The first-order chi connectivity index (χ1) is 9.52. The second kappa shape index (κ2) is 4.15. The molecule has 1 aromatic rings. The summed E-state index contributed by atoms with van der Waals surface area (Å²) in [4.78, 5) is 18.1. The molecule has 4 aliphatic heterocycles. The monoisotopic (exact) mass is 334 g/mol. The van der Waals surface area contributed by atoms with E-state index in [1.54, 1.807) is 0 Å². The van der Waals surface area contributed by atoms with Crippen molar-refractivity contribution in [2.45, 2.75) is 16.7 Å². The van der Waals surface area contributed by atoms with E-state index in [2.05, 4.69) is 56.9 Å². The molecule has 4 aliphatic rings. The second-order valence-corrected chi connectivity index (χ2v) is 8.18. The van der Waals surface area contributed by atoms with E-state index in [9.17, 15) is 4.79 Å². The van der Waals surface area contributed by atoms with Gasteiger partial charge in [-0.15, -0.1) is 0 Å². The summed E-state index contributed by atoms with van der Waals surface area (Å²) < 4.78 is -0.370. The minimum atomic E-state index is -0.370. The van der Waals surface area contributed by atoms with Gasteiger partial charge in [-0.05, 0) is 12.5 Å². The first kappa shape index (κ1) is 13.0. The number of hydrogen-bond donors (Lipinski definition) is 0. The molecule has 0 N–H and O–H groups in total. The lowest BCUT2D eigenvalue weighted by Crippen LogP contribution is -2.70. The number of Topliss-reactive ketones (excluding diaryl/α,β-unsaturated/α-hetero) is 1. The molecule has 4 bridgehead atoms. The van der Waals surface area contributed by atoms with E-state index < -0.39 is 0 Å². The van der Waals surface area contributed by atoms with Gasteiger partial charge < -0.3 is 0 Å². The zero-order valence-electron chi connectivity index (χ0n) is 11.7. The molecule has 20 heavy (non-hydrogen) atoms.